The number of carbonyl (C=O) groups is 2. The van der Waals surface area contributed by atoms with Gasteiger partial charge in [0.2, 0.25) is 5.91 Å². The molecule has 0 radical (unpaired) electrons. The Morgan fingerprint density at radius 2 is 1.81 bits per heavy atom. The second kappa shape index (κ2) is 8.33. The first-order chi connectivity index (χ1) is 12.9. The fourth-order valence-corrected chi connectivity index (χ4v) is 3.38. The van der Waals surface area contributed by atoms with Gasteiger partial charge >= 0.3 is 5.97 Å². The molecular weight excluding hydrogens is 344 g/mol. The minimum atomic E-state index is -0.911. The van der Waals surface area contributed by atoms with Gasteiger partial charge in [-0.2, -0.15) is 0 Å². The van der Waals surface area contributed by atoms with E-state index in [4.69, 9.17) is 15.6 Å². The molecule has 1 aliphatic rings. The largest absolute Gasteiger partial charge is 0.481 e. The number of aliphatic carboxylic acids is 1. The molecule has 0 spiro atoms. The normalized spacial score (nSPS) is 21.3. The Morgan fingerprint density at radius 1 is 1.11 bits per heavy atom. The summed E-state index contributed by atoms with van der Waals surface area (Å²) < 4.78 is 5.72. The van der Waals surface area contributed by atoms with Gasteiger partial charge in [-0.3, -0.25) is 9.59 Å². The summed E-state index contributed by atoms with van der Waals surface area (Å²) in [5.74, 6) is -0.886. The van der Waals surface area contributed by atoms with Crippen molar-refractivity contribution < 1.29 is 19.4 Å². The Labute approximate surface area is 158 Å². The van der Waals surface area contributed by atoms with Gasteiger partial charge in [0.15, 0.2) is 0 Å². The summed E-state index contributed by atoms with van der Waals surface area (Å²) in [7, 11) is 0. The van der Waals surface area contributed by atoms with Crippen LogP contribution in [-0.4, -0.2) is 29.1 Å². The number of amides is 1. The lowest BCUT2D eigenvalue weighted by atomic mass is 9.68. The Bertz CT molecular complexity index is 801. The number of anilines is 1. The highest BCUT2D eigenvalue weighted by atomic mass is 16.5. The Kier molecular flexibility index (Phi) is 5.88. The third-order valence-electron chi connectivity index (χ3n) is 4.76. The maximum Gasteiger partial charge on any atom is 0.307 e. The second-order valence-electron chi connectivity index (χ2n) is 7.16. The van der Waals surface area contributed by atoms with Gasteiger partial charge in [-0.05, 0) is 42.0 Å². The Morgan fingerprint density at radius 3 is 2.52 bits per heavy atom. The maximum atomic E-state index is 12.5. The molecule has 1 saturated carbocycles. The molecule has 1 fully saturated rings. The third-order valence-corrected chi connectivity index (χ3v) is 4.76. The van der Waals surface area contributed by atoms with Crippen molar-refractivity contribution in [2.24, 2.45) is 11.7 Å². The average molecular weight is 368 g/mol. The van der Waals surface area contributed by atoms with E-state index in [0.29, 0.717) is 37.3 Å². The first-order valence-electron chi connectivity index (χ1n) is 8.97. The highest BCUT2D eigenvalue weighted by molar-refractivity contribution is 5.98. The Balaban J connectivity index is 1.45. The molecule has 6 nitrogen and oxygen atoms in total. The van der Waals surface area contributed by atoms with E-state index in [9.17, 15) is 9.59 Å². The van der Waals surface area contributed by atoms with Crippen molar-refractivity contribution in [2.45, 2.75) is 31.4 Å². The van der Waals surface area contributed by atoms with Crippen LogP contribution in [0.1, 0.15) is 24.0 Å². The maximum absolute atomic E-state index is 12.5. The molecule has 2 aromatic carbocycles. The van der Waals surface area contributed by atoms with Crippen LogP contribution in [0.3, 0.4) is 0 Å². The van der Waals surface area contributed by atoms with Gasteiger partial charge in [0.05, 0.1) is 25.2 Å². The van der Waals surface area contributed by atoms with Crippen LogP contribution >= 0.6 is 0 Å². The van der Waals surface area contributed by atoms with Crippen molar-refractivity contribution in [3.8, 4) is 0 Å². The van der Waals surface area contributed by atoms with Crippen molar-refractivity contribution in [1.82, 2.24) is 0 Å². The number of carboxylic acids is 1. The summed E-state index contributed by atoms with van der Waals surface area (Å²) >= 11 is 0. The van der Waals surface area contributed by atoms with Crippen LogP contribution in [-0.2, 0) is 27.4 Å². The third kappa shape index (κ3) is 5.15. The first kappa shape index (κ1) is 19.1. The molecule has 3 rings (SSSR count). The van der Waals surface area contributed by atoms with Gasteiger partial charge in [0, 0.05) is 5.69 Å². The number of nitrogens with two attached hydrogens (primary N) is 1. The average Bonchev–Trinajstić information content (AvgIpc) is 2.60. The fourth-order valence-electron chi connectivity index (χ4n) is 3.38. The highest BCUT2D eigenvalue weighted by Gasteiger charge is 2.46. The molecule has 1 aliphatic carbocycles. The van der Waals surface area contributed by atoms with Gasteiger partial charge in [0.25, 0.3) is 0 Å². The number of benzene rings is 2. The molecule has 0 bridgehead atoms. The quantitative estimate of drug-likeness (QED) is 0.665. The molecule has 0 saturated heterocycles. The molecule has 4 N–H and O–H groups in total. The van der Waals surface area contributed by atoms with E-state index >= 15 is 0 Å². The number of hydrogen-bond donors (Lipinski definition) is 3. The molecule has 0 atom stereocenters. The van der Waals surface area contributed by atoms with Gasteiger partial charge < -0.3 is 20.9 Å². The van der Waals surface area contributed by atoms with Crippen molar-refractivity contribution in [1.29, 1.82) is 0 Å². The van der Waals surface area contributed by atoms with E-state index in [1.807, 2.05) is 30.3 Å². The molecule has 6 heteroatoms. The summed E-state index contributed by atoms with van der Waals surface area (Å²) in [6.07, 6.45) is 1.06. The van der Waals surface area contributed by atoms with Gasteiger partial charge in [-0.15, -0.1) is 0 Å². The Hall–Kier alpha value is -2.70. The van der Waals surface area contributed by atoms with Crippen LogP contribution in [0.15, 0.2) is 54.6 Å². The van der Waals surface area contributed by atoms with Crippen LogP contribution in [0.4, 0.5) is 5.69 Å². The molecule has 1 amide bonds. The minimum absolute atomic E-state index is 0.0850. The number of nitrogens with one attached hydrogen (secondary N) is 1. The summed E-state index contributed by atoms with van der Waals surface area (Å²) in [5.41, 5.74) is 7.64. The van der Waals surface area contributed by atoms with Crippen molar-refractivity contribution in [3.63, 3.8) is 0 Å². The van der Waals surface area contributed by atoms with Crippen LogP contribution in [0.25, 0.3) is 0 Å². The molecule has 2 aromatic rings. The van der Waals surface area contributed by atoms with Crippen LogP contribution in [0.2, 0.25) is 0 Å². The fraction of sp³-hybridized carbons (Fsp3) is 0.333. The topological polar surface area (TPSA) is 102 Å². The van der Waals surface area contributed by atoms with E-state index in [1.54, 1.807) is 24.3 Å². The zero-order chi connectivity index (χ0) is 19.3. The predicted octanol–water partition coefficient (Wildman–Crippen LogP) is 2.58. The van der Waals surface area contributed by atoms with Crippen LogP contribution in [0, 0.1) is 5.92 Å². The molecule has 0 aliphatic heterocycles. The number of hydrogen-bond acceptors (Lipinski definition) is 4. The first-order valence-corrected chi connectivity index (χ1v) is 8.97. The summed E-state index contributed by atoms with van der Waals surface area (Å²) in [6.45, 7) is 1.13. The van der Waals surface area contributed by atoms with Crippen molar-refractivity contribution in [2.75, 3.05) is 11.9 Å². The predicted molar refractivity (Wildman–Crippen MR) is 102 cm³/mol. The molecule has 0 aromatic heterocycles. The number of ether oxygens (including phenoxy) is 1. The smallest absolute Gasteiger partial charge is 0.307 e. The summed E-state index contributed by atoms with van der Waals surface area (Å²) in [4.78, 5) is 23.3. The van der Waals surface area contributed by atoms with E-state index in [1.165, 1.54) is 0 Å². The zero-order valence-electron chi connectivity index (χ0n) is 15.1. The SMILES string of the molecule is NC1(C(=O)Nc2cccc(CC(=O)O)c2)CC(COCc2ccccc2)C1. The van der Waals surface area contributed by atoms with Crippen LogP contribution < -0.4 is 11.1 Å². The number of carboxylic acid groups (broad SMARTS) is 1. The summed E-state index contributed by atoms with van der Waals surface area (Å²) in [5, 5.41) is 11.7. The van der Waals surface area contributed by atoms with Gasteiger partial charge in [0.1, 0.15) is 0 Å². The lowest BCUT2D eigenvalue weighted by molar-refractivity contribution is -0.136. The van der Waals surface area contributed by atoms with Crippen molar-refractivity contribution >= 4 is 17.6 Å². The molecular formula is C21H24N2O4. The van der Waals surface area contributed by atoms with Crippen LogP contribution in [0.5, 0.6) is 0 Å². The number of carbonyl (C=O) groups excluding carboxylic acids is 1. The number of rotatable bonds is 8. The van der Waals surface area contributed by atoms with E-state index < -0.39 is 11.5 Å². The minimum Gasteiger partial charge on any atom is -0.481 e. The van der Waals surface area contributed by atoms with E-state index in [0.717, 1.165) is 5.56 Å². The molecule has 27 heavy (non-hydrogen) atoms. The van der Waals surface area contributed by atoms with Gasteiger partial charge in [-0.1, -0.05) is 42.5 Å². The standard InChI is InChI=1S/C21H24N2O4/c22-21(11-17(12-21)14-27-13-15-5-2-1-3-6-15)20(26)23-18-8-4-7-16(9-18)10-19(24)25/h1-9,17H,10-14,22H2,(H,23,26)(H,24,25). The van der Waals surface area contributed by atoms with E-state index in [2.05, 4.69) is 5.32 Å². The van der Waals surface area contributed by atoms with E-state index in [-0.39, 0.29) is 18.2 Å². The lowest BCUT2D eigenvalue weighted by Gasteiger charge is -2.43. The highest BCUT2D eigenvalue weighted by Crippen LogP contribution is 2.37. The lowest BCUT2D eigenvalue weighted by Crippen LogP contribution is -2.60. The molecule has 0 heterocycles. The molecule has 0 unspecified atom stereocenters. The monoisotopic (exact) mass is 368 g/mol. The van der Waals surface area contributed by atoms with Gasteiger partial charge in [-0.25, -0.2) is 0 Å². The second-order valence-corrected chi connectivity index (χ2v) is 7.16. The molecule has 142 valence electrons. The van der Waals surface area contributed by atoms with Crippen molar-refractivity contribution in [3.05, 3.63) is 65.7 Å². The zero-order valence-corrected chi connectivity index (χ0v) is 15.1. The summed E-state index contributed by atoms with van der Waals surface area (Å²) in [6, 6.07) is 16.8.